The predicted octanol–water partition coefficient (Wildman–Crippen LogP) is 3.60. The summed E-state index contributed by atoms with van der Waals surface area (Å²) >= 11 is 0. The zero-order valence-corrected chi connectivity index (χ0v) is 22.1. The van der Waals surface area contributed by atoms with E-state index < -0.39 is 46.8 Å². The molecule has 5 aliphatic rings. The Hall–Kier alpha value is -0.790. The van der Waals surface area contributed by atoms with Crippen LogP contribution in [0.25, 0.3) is 0 Å². The van der Waals surface area contributed by atoms with E-state index in [0.29, 0.717) is 31.1 Å². The summed E-state index contributed by atoms with van der Waals surface area (Å²) in [6.45, 7) is 10.6. The second kappa shape index (κ2) is 8.62. The molecule has 1 aliphatic heterocycles. The van der Waals surface area contributed by atoms with Gasteiger partial charge in [-0.1, -0.05) is 53.0 Å². The molecule has 0 aromatic rings. The van der Waals surface area contributed by atoms with Crippen molar-refractivity contribution < 1.29 is 30.0 Å². The van der Waals surface area contributed by atoms with E-state index in [1.807, 2.05) is 0 Å². The smallest absolute Gasteiger partial charge is 0.160 e. The molecule has 35 heavy (non-hydrogen) atoms. The highest BCUT2D eigenvalue weighted by Gasteiger charge is 2.71. The van der Waals surface area contributed by atoms with Gasteiger partial charge in [-0.15, -0.1) is 0 Å². The van der Waals surface area contributed by atoms with Gasteiger partial charge in [-0.2, -0.15) is 0 Å². The summed E-state index contributed by atoms with van der Waals surface area (Å²) in [5.74, 6) is -0.688. The maximum absolute atomic E-state index is 13.7. The standard InChI is InChI=1S/C29H46O6/c1-15(2)17-12-21(35-22(31)13-17)16(3)19-14-20(30)23-24-26(33)25(32)18-8-6-7-9-28(18,5)29(24,34)11-10-27(19,23)4/h14-18,21-26,31-34H,6-13H2,1-5H3/t16?,17?,18?,21?,22?,23?,24?,25-,26-,27-,28+,29-/m1/s1. The molecule has 5 rings (SSSR count). The Morgan fingerprint density at radius 3 is 2.40 bits per heavy atom. The summed E-state index contributed by atoms with van der Waals surface area (Å²) in [4.78, 5) is 13.7. The molecule has 4 fully saturated rings. The first kappa shape index (κ1) is 25.8. The summed E-state index contributed by atoms with van der Waals surface area (Å²) in [6.07, 6.45) is 5.02. The molecule has 0 spiro atoms. The van der Waals surface area contributed by atoms with Crippen LogP contribution >= 0.6 is 0 Å². The molecular formula is C29H46O6. The molecule has 1 heterocycles. The van der Waals surface area contributed by atoms with E-state index in [2.05, 4.69) is 34.6 Å². The fourth-order valence-corrected chi connectivity index (χ4v) is 9.39. The van der Waals surface area contributed by atoms with Crippen molar-refractivity contribution in [2.75, 3.05) is 0 Å². The van der Waals surface area contributed by atoms with Crippen molar-refractivity contribution >= 4 is 5.78 Å². The van der Waals surface area contributed by atoms with Gasteiger partial charge in [0.2, 0.25) is 0 Å². The number of ether oxygens (including phenoxy) is 1. The van der Waals surface area contributed by atoms with Crippen molar-refractivity contribution in [2.45, 2.75) is 116 Å². The van der Waals surface area contributed by atoms with Crippen LogP contribution in [0.4, 0.5) is 0 Å². The fourth-order valence-electron chi connectivity index (χ4n) is 9.39. The largest absolute Gasteiger partial charge is 0.390 e. The minimum Gasteiger partial charge on any atom is -0.390 e. The van der Waals surface area contributed by atoms with Crippen molar-refractivity contribution in [1.29, 1.82) is 0 Å². The van der Waals surface area contributed by atoms with E-state index in [1.54, 1.807) is 6.08 Å². The van der Waals surface area contributed by atoms with Crippen molar-refractivity contribution in [2.24, 2.45) is 46.3 Å². The maximum Gasteiger partial charge on any atom is 0.160 e. The van der Waals surface area contributed by atoms with E-state index in [-0.39, 0.29) is 23.7 Å². The Kier molecular flexibility index (Phi) is 6.37. The zero-order chi connectivity index (χ0) is 25.5. The second-order valence-electron chi connectivity index (χ2n) is 13.5. The number of allylic oxidation sites excluding steroid dienone is 1. The first-order chi connectivity index (χ1) is 16.3. The summed E-state index contributed by atoms with van der Waals surface area (Å²) in [5.41, 5.74) is -1.17. The van der Waals surface area contributed by atoms with Gasteiger partial charge in [0.25, 0.3) is 0 Å². The van der Waals surface area contributed by atoms with Crippen LogP contribution in [0, 0.1) is 46.3 Å². The van der Waals surface area contributed by atoms with Crippen molar-refractivity contribution in [3.8, 4) is 0 Å². The number of hydrogen-bond acceptors (Lipinski definition) is 6. The zero-order valence-electron chi connectivity index (χ0n) is 22.1. The number of fused-ring (bicyclic) bond motifs is 5. The summed E-state index contributed by atoms with van der Waals surface area (Å²) < 4.78 is 6.02. The van der Waals surface area contributed by atoms with Gasteiger partial charge >= 0.3 is 0 Å². The van der Waals surface area contributed by atoms with Crippen LogP contribution in [0.3, 0.4) is 0 Å². The SMILES string of the molecule is CC(C)C1CC(O)OC(C(C)C2=CC(=O)C3C4[C@@H](O)[C@H](O)C5CCCC[C@]5(C)[C@@]4(O)CC[C@]23C)C1. The van der Waals surface area contributed by atoms with Crippen LogP contribution in [0.2, 0.25) is 0 Å². The number of rotatable bonds is 3. The maximum atomic E-state index is 13.7. The highest BCUT2D eigenvalue weighted by molar-refractivity contribution is 5.97. The first-order valence-corrected chi connectivity index (χ1v) is 14.0. The minimum atomic E-state index is -1.18. The lowest BCUT2D eigenvalue weighted by atomic mass is 9.41. The van der Waals surface area contributed by atoms with E-state index in [0.717, 1.165) is 37.7 Å². The van der Waals surface area contributed by atoms with Crippen LogP contribution < -0.4 is 0 Å². The van der Waals surface area contributed by atoms with Crippen LogP contribution in [-0.2, 0) is 9.53 Å². The Morgan fingerprint density at radius 1 is 1.00 bits per heavy atom. The number of carbonyl (C=O) groups excluding carboxylic acids is 1. The van der Waals surface area contributed by atoms with Gasteiger partial charge in [-0.25, -0.2) is 0 Å². The molecule has 1 saturated heterocycles. The van der Waals surface area contributed by atoms with Crippen LogP contribution in [-0.4, -0.2) is 56.4 Å². The lowest BCUT2D eigenvalue weighted by molar-refractivity contribution is -0.287. The summed E-state index contributed by atoms with van der Waals surface area (Å²) in [7, 11) is 0. The quantitative estimate of drug-likeness (QED) is 0.482. The highest BCUT2D eigenvalue weighted by atomic mass is 16.6. The van der Waals surface area contributed by atoms with Gasteiger partial charge in [0, 0.05) is 29.6 Å². The van der Waals surface area contributed by atoms with Crippen LogP contribution in [0.1, 0.15) is 86.0 Å². The number of carbonyl (C=O) groups is 1. The van der Waals surface area contributed by atoms with Crippen LogP contribution in [0.5, 0.6) is 0 Å². The molecule has 0 amide bonds. The minimum absolute atomic E-state index is 0.0432. The molecule has 7 unspecified atom stereocenters. The van der Waals surface area contributed by atoms with Gasteiger partial charge in [-0.05, 0) is 61.3 Å². The molecule has 12 atom stereocenters. The lowest BCUT2D eigenvalue weighted by Crippen LogP contribution is -2.73. The highest BCUT2D eigenvalue weighted by Crippen LogP contribution is 2.68. The first-order valence-electron chi connectivity index (χ1n) is 14.0. The van der Waals surface area contributed by atoms with Crippen molar-refractivity contribution in [3.63, 3.8) is 0 Å². The molecule has 0 radical (unpaired) electrons. The third-order valence-electron chi connectivity index (χ3n) is 11.6. The molecule has 3 saturated carbocycles. The van der Waals surface area contributed by atoms with Gasteiger partial charge in [-0.3, -0.25) is 4.79 Å². The molecule has 6 heteroatoms. The van der Waals surface area contributed by atoms with Gasteiger partial charge < -0.3 is 25.2 Å². The summed E-state index contributed by atoms with van der Waals surface area (Å²) in [6, 6.07) is 0. The summed E-state index contributed by atoms with van der Waals surface area (Å²) in [5, 5.41) is 45.4. The second-order valence-corrected chi connectivity index (χ2v) is 13.5. The van der Waals surface area contributed by atoms with Gasteiger partial charge in [0.1, 0.15) is 0 Å². The Bertz CT molecular complexity index is 884. The number of ketones is 1. The molecule has 0 aromatic heterocycles. The molecule has 4 N–H and O–H groups in total. The topological polar surface area (TPSA) is 107 Å². The van der Waals surface area contributed by atoms with E-state index in [1.165, 1.54) is 0 Å². The van der Waals surface area contributed by atoms with Crippen LogP contribution in [0.15, 0.2) is 11.6 Å². The fraction of sp³-hybridized carbons (Fsp3) is 0.897. The lowest BCUT2D eigenvalue weighted by Gasteiger charge is -2.66. The number of aliphatic hydroxyl groups is 4. The van der Waals surface area contributed by atoms with Gasteiger partial charge in [0.15, 0.2) is 12.1 Å². The number of hydrogen-bond donors (Lipinski definition) is 4. The monoisotopic (exact) mass is 490 g/mol. The average molecular weight is 491 g/mol. The van der Waals surface area contributed by atoms with Crippen molar-refractivity contribution in [3.05, 3.63) is 11.6 Å². The van der Waals surface area contributed by atoms with E-state index in [4.69, 9.17) is 4.74 Å². The van der Waals surface area contributed by atoms with E-state index in [9.17, 15) is 25.2 Å². The predicted molar refractivity (Wildman–Crippen MR) is 132 cm³/mol. The number of aliphatic hydroxyl groups excluding tert-OH is 3. The molecule has 0 aromatic carbocycles. The molecular weight excluding hydrogens is 444 g/mol. The Labute approximate surface area is 210 Å². The molecule has 198 valence electrons. The third kappa shape index (κ3) is 3.57. The van der Waals surface area contributed by atoms with Crippen molar-refractivity contribution in [1.82, 2.24) is 0 Å². The normalized spacial score (nSPS) is 53.0. The Balaban J connectivity index is 1.48. The third-order valence-corrected chi connectivity index (χ3v) is 11.6. The molecule has 4 aliphatic carbocycles. The van der Waals surface area contributed by atoms with Gasteiger partial charge in [0.05, 0.1) is 23.9 Å². The van der Waals surface area contributed by atoms with E-state index >= 15 is 0 Å². The molecule has 6 nitrogen and oxygen atoms in total. The molecule has 0 bridgehead atoms. The Morgan fingerprint density at radius 2 is 1.71 bits per heavy atom. The average Bonchev–Trinajstić information content (AvgIpc) is 3.07.